The van der Waals surface area contributed by atoms with Crippen molar-refractivity contribution in [3.63, 3.8) is 0 Å². The van der Waals surface area contributed by atoms with E-state index in [9.17, 15) is 9.59 Å². The molecular weight excluding hydrogens is 488 g/mol. The maximum atomic E-state index is 13.6. The number of hydrogen-bond donors (Lipinski definition) is 0. The lowest BCUT2D eigenvalue weighted by atomic mass is 10.0. The average Bonchev–Trinajstić information content (AvgIpc) is 2.80. The molecule has 4 aromatic rings. The number of hydrogen-bond acceptors (Lipinski definition) is 6. The van der Waals surface area contributed by atoms with Gasteiger partial charge in [-0.15, -0.1) is 0 Å². The van der Waals surface area contributed by atoms with Crippen molar-refractivity contribution in [3.05, 3.63) is 86.0 Å². The quantitative estimate of drug-likeness (QED) is 0.304. The third-order valence-corrected chi connectivity index (χ3v) is 5.74. The van der Waals surface area contributed by atoms with E-state index in [2.05, 4.69) is 15.9 Å². The molecule has 0 N–H and O–H groups in total. The first kappa shape index (κ1) is 22.6. The Morgan fingerprint density at radius 1 is 0.909 bits per heavy atom. The number of esters is 1. The molecule has 0 spiro atoms. The van der Waals surface area contributed by atoms with Gasteiger partial charge in [0.15, 0.2) is 17.3 Å². The number of rotatable bonds is 5. The topological polar surface area (TPSA) is 75.0 Å². The second-order valence-corrected chi connectivity index (χ2v) is 8.43. The summed E-state index contributed by atoms with van der Waals surface area (Å²) in [7, 11) is 3.05. The molecule has 1 aromatic heterocycles. The first-order valence-corrected chi connectivity index (χ1v) is 10.9. The largest absolute Gasteiger partial charge is 0.493 e. The van der Waals surface area contributed by atoms with Crippen LogP contribution in [0.5, 0.6) is 17.2 Å². The summed E-state index contributed by atoms with van der Waals surface area (Å²) in [5, 5.41) is 0.364. The highest BCUT2D eigenvalue weighted by Gasteiger charge is 2.23. The molecule has 0 atom stereocenters. The van der Waals surface area contributed by atoms with Crippen molar-refractivity contribution in [1.82, 2.24) is 0 Å². The Morgan fingerprint density at radius 3 is 2.27 bits per heavy atom. The molecule has 0 bridgehead atoms. The molecule has 6 nitrogen and oxygen atoms in total. The first-order valence-electron chi connectivity index (χ1n) is 10.1. The van der Waals surface area contributed by atoms with Crippen LogP contribution in [0.25, 0.3) is 22.3 Å². The normalized spacial score (nSPS) is 10.8. The SMILES string of the molecule is COc1ccc(-c2oc3cc(C)cc(C)c3c(=O)c2OC(=O)c2ccc(Br)cc2)cc1OC. The molecule has 7 heteroatoms. The molecule has 0 aliphatic heterocycles. The van der Waals surface area contributed by atoms with Gasteiger partial charge < -0.3 is 18.6 Å². The molecular formula is C26H21BrO6. The van der Waals surface area contributed by atoms with Crippen molar-refractivity contribution < 1.29 is 23.4 Å². The second kappa shape index (κ2) is 9.11. The summed E-state index contributed by atoms with van der Waals surface area (Å²) < 4.78 is 23.3. The number of methoxy groups -OCH3 is 2. The molecule has 33 heavy (non-hydrogen) atoms. The van der Waals surface area contributed by atoms with Gasteiger partial charge in [-0.3, -0.25) is 4.79 Å². The maximum Gasteiger partial charge on any atom is 0.343 e. The van der Waals surface area contributed by atoms with Gasteiger partial charge in [-0.25, -0.2) is 4.79 Å². The number of halogens is 1. The number of carbonyl (C=O) groups is 1. The zero-order valence-electron chi connectivity index (χ0n) is 18.5. The van der Waals surface area contributed by atoms with Gasteiger partial charge in [0.2, 0.25) is 11.2 Å². The van der Waals surface area contributed by atoms with Gasteiger partial charge in [0.1, 0.15) is 5.58 Å². The summed E-state index contributed by atoms with van der Waals surface area (Å²) in [5.74, 6) is 0.243. The molecule has 0 fully saturated rings. The van der Waals surface area contributed by atoms with Crippen LogP contribution in [0.15, 0.2) is 68.3 Å². The average molecular weight is 509 g/mol. The number of fused-ring (bicyclic) bond motifs is 1. The fourth-order valence-corrected chi connectivity index (χ4v) is 3.94. The Balaban J connectivity index is 1.95. The van der Waals surface area contributed by atoms with Crippen LogP contribution in [-0.4, -0.2) is 20.2 Å². The lowest BCUT2D eigenvalue weighted by Crippen LogP contribution is -2.17. The Hall–Kier alpha value is -3.58. The Bertz CT molecular complexity index is 1420. The van der Waals surface area contributed by atoms with Gasteiger partial charge in [-0.05, 0) is 73.5 Å². The summed E-state index contributed by atoms with van der Waals surface area (Å²) in [6, 6.07) is 15.4. The standard InChI is InChI=1S/C26H21BrO6/c1-14-11-15(2)22-21(12-14)32-24(17-7-10-19(30-3)20(13-17)31-4)25(23(22)28)33-26(29)16-5-8-18(27)9-6-16/h5-13H,1-4H3. The smallest absolute Gasteiger partial charge is 0.343 e. The number of aryl methyl sites for hydroxylation is 2. The molecule has 4 rings (SSSR count). The Morgan fingerprint density at radius 2 is 1.61 bits per heavy atom. The highest BCUT2D eigenvalue weighted by atomic mass is 79.9. The highest BCUT2D eigenvalue weighted by Crippen LogP contribution is 2.37. The van der Waals surface area contributed by atoms with E-state index in [-0.39, 0.29) is 11.5 Å². The minimum Gasteiger partial charge on any atom is -0.493 e. The molecule has 0 saturated heterocycles. The van der Waals surface area contributed by atoms with E-state index in [1.54, 1.807) is 48.5 Å². The van der Waals surface area contributed by atoms with Gasteiger partial charge >= 0.3 is 5.97 Å². The van der Waals surface area contributed by atoms with Crippen LogP contribution in [0, 0.1) is 13.8 Å². The van der Waals surface area contributed by atoms with E-state index >= 15 is 0 Å². The van der Waals surface area contributed by atoms with E-state index in [0.717, 1.165) is 15.6 Å². The summed E-state index contributed by atoms with van der Waals surface area (Å²) in [4.78, 5) is 26.4. The molecule has 168 valence electrons. The number of benzene rings is 3. The molecule has 0 aliphatic rings. The van der Waals surface area contributed by atoms with Gasteiger partial charge in [-0.1, -0.05) is 22.0 Å². The molecule has 0 aliphatic carbocycles. The van der Waals surface area contributed by atoms with E-state index < -0.39 is 11.4 Å². The van der Waals surface area contributed by atoms with Crippen molar-refractivity contribution in [2.75, 3.05) is 14.2 Å². The van der Waals surface area contributed by atoms with Crippen LogP contribution in [-0.2, 0) is 0 Å². The number of ether oxygens (including phenoxy) is 3. The van der Waals surface area contributed by atoms with E-state index in [1.165, 1.54) is 14.2 Å². The summed E-state index contributed by atoms with van der Waals surface area (Å²) in [6.45, 7) is 3.74. The number of carbonyl (C=O) groups excluding carboxylic acids is 1. The monoisotopic (exact) mass is 508 g/mol. The van der Waals surface area contributed by atoms with Crippen LogP contribution in [0.1, 0.15) is 21.5 Å². The van der Waals surface area contributed by atoms with E-state index in [0.29, 0.717) is 33.6 Å². The predicted molar refractivity (Wildman–Crippen MR) is 130 cm³/mol. The Kier molecular flexibility index (Phi) is 6.24. The summed E-state index contributed by atoms with van der Waals surface area (Å²) >= 11 is 3.34. The Labute approximate surface area is 198 Å². The van der Waals surface area contributed by atoms with Crippen LogP contribution >= 0.6 is 15.9 Å². The fourth-order valence-electron chi connectivity index (χ4n) is 3.67. The molecule has 1 heterocycles. The van der Waals surface area contributed by atoms with Crippen molar-refractivity contribution in [2.24, 2.45) is 0 Å². The van der Waals surface area contributed by atoms with Crippen molar-refractivity contribution >= 4 is 32.9 Å². The van der Waals surface area contributed by atoms with Crippen molar-refractivity contribution in [1.29, 1.82) is 0 Å². The van der Waals surface area contributed by atoms with Crippen LogP contribution in [0.2, 0.25) is 0 Å². The lowest BCUT2D eigenvalue weighted by molar-refractivity contribution is 0.0731. The predicted octanol–water partition coefficient (Wildman–Crippen LogP) is 6.08. The van der Waals surface area contributed by atoms with E-state index in [4.69, 9.17) is 18.6 Å². The van der Waals surface area contributed by atoms with Gasteiger partial charge in [-0.2, -0.15) is 0 Å². The third kappa shape index (κ3) is 4.36. The second-order valence-electron chi connectivity index (χ2n) is 7.51. The molecule has 0 unspecified atom stereocenters. The van der Waals surface area contributed by atoms with Crippen LogP contribution in [0.4, 0.5) is 0 Å². The third-order valence-electron chi connectivity index (χ3n) is 5.22. The van der Waals surface area contributed by atoms with Crippen molar-refractivity contribution in [2.45, 2.75) is 13.8 Å². The van der Waals surface area contributed by atoms with Crippen molar-refractivity contribution in [3.8, 4) is 28.6 Å². The maximum absolute atomic E-state index is 13.6. The van der Waals surface area contributed by atoms with Gasteiger partial charge in [0.25, 0.3) is 0 Å². The van der Waals surface area contributed by atoms with Crippen LogP contribution in [0.3, 0.4) is 0 Å². The first-order chi connectivity index (χ1) is 15.8. The summed E-state index contributed by atoms with van der Waals surface area (Å²) in [5.41, 5.74) is 2.47. The van der Waals surface area contributed by atoms with Gasteiger partial charge in [0.05, 0.1) is 25.2 Å². The zero-order valence-corrected chi connectivity index (χ0v) is 20.1. The minimum absolute atomic E-state index is 0.129. The molecule has 0 amide bonds. The lowest BCUT2D eigenvalue weighted by Gasteiger charge is -2.14. The minimum atomic E-state index is -0.666. The fraction of sp³-hybridized carbons (Fsp3) is 0.154. The molecule has 0 radical (unpaired) electrons. The molecule has 0 saturated carbocycles. The summed E-state index contributed by atoms with van der Waals surface area (Å²) in [6.07, 6.45) is 0. The highest BCUT2D eigenvalue weighted by molar-refractivity contribution is 9.10. The van der Waals surface area contributed by atoms with E-state index in [1.807, 2.05) is 19.9 Å². The zero-order chi connectivity index (χ0) is 23.7. The van der Waals surface area contributed by atoms with Crippen LogP contribution < -0.4 is 19.6 Å². The molecule has 3 aromatic carbocycles. The van der Waals surface area contributed by atoms with Gasteiger partial charge in [0, 0.05) is 10.0 Å².